The maximum atomic E-state index is 11.9. The van der Waals surface area contributed by atoms with Crippen LogP contribution in [0.1, 0.15) is 29.9 Å². The van der Waals surface area contributed by atoms with Crippen LogP contribution in [0, 0.1) is 13.8 Å². The van der Waals surface area contributed by atoms with Crippen LogP contribution in [0.4, 0.5) is 0 Å². The van der Waals surface area contributed by atoms with E-state index in [1.807, 2.05) is 20.9 Å². The lowest BCUT2D eigenvalue weighted by Gasteiger charge is -2.36. The second-order valence-electron chi connectivity index (χ2n) is 7.13. The summed E-state index contributed by atoms with van der Waals surface area (Å²) in [6.45, 7) is 8.72. The molecule has 0 spiro atoms. The van der Waals surface area contributed by atoms with E-state index in [2.05, 4.69) is 30.6 Å². The molecular weight excluding hydrogens is 459 g/mol. The molecular formula is C18H31IN6O2. The van der Waals surface area contributed by atoms with Gasteiger partial charge < -0.3 is 20.1 Å². The second kappa shape index (κ2) is 10.3. The number of carbonyl (C=O) groups excluding carboxylic acids is 1. The lowest BCUT2D eigenvalue weighted by molar-refractivity contribution is -0.122. The van der Waals surface area contributed by atoms with E-state index in [1.165, 1.54) is 5.56 Å². The molecule has 1 aromatic heterocycles. The molecule has 1 aromatic rings. The second-order valence-corrected chi connectivity index (χ2v) is 7.13. The maximum absolute atomic E-state index is 11.9. The number of guanidine groups is 1. The Hall–Kier alpha value is -1.36. The molecule has 1 amide bonds. The van der Waals surface area contributed by atoms with Gasteiger partial charge in [0.1, 0.15) is 5.76 Å². The predicted octanol–water partition coefficient (Wildman–Crippen LogP) is 0.924. The molecule has 3 rings (SSSR count). The van der Waals surface area contributed by atoms with Crippen molar-refractivity contribution in [2.24, 2.45) is 4.99 Å². The van der Waals surface area contributed by atoms with Crippen LogP contribution in [-0.2, 0) is 11.2 Å². The Bertz CT molecular complexity index is 631. The molecule has 2 heterocycles. The first-order valence-electron chi connectivity index (χ1n) is 9.46. The number of nitrogens with one attached hydrogen (secondary N) is 2. The van der Waals surface area contributed by atoms with Crippen LogP contribution in [0.15, 0.2) is 9.52 Å². The van der Waals surface area contributed by atoms with Crippen molar-refractivity contribution in [1.82, 2.24) is 25.6 Å². The average Bonchev–Trinajstić information content (AvgIpc) is 3.38. The van der Waals surface area contributed by atoms with E-state index in [0.29, 0.717) is 12.6 Å². The largest absolute Gasteiger partial charge is 0.361 e. The number of piperazine rings is 1. The minimum absolute atomic E-state index is 0. The molecule has 1 saturated carbocycles. The zero-order valence-corrected chi connectivity index (χ0v) is 18.8. The number of halogens is 1. The number of amides is 1. The molecule has 2 aliphatic rings. The number of aryl methyl sites for hydroxylation is 2. The number of hydrogen-bond acceptors (Lipinski definition) is 5. The quantitative estimate of drug-likeness (QED) is 0.351. The normalized spacial score (nSPS) is 18.2. The van der Waals surface area contributed by atoms with Gasteiger partial charge in [-0.05, 0) is 33.1 Å². The van der Waals surface area contributed by atoms with E-state index in [9.17, 15) is 4.79 Å². The van der Waals surface area contributed by atoms with E-state index in [1.54, 1.807) is 0 Å². The van der Waals surface area contributed by atoms with E-state index in [0.717, 1.165) is 69.4 Å². The summed E-state index contributed by atoms with van der Waals surface area (Å²) >= 11 is 0. The molecule has 8 nitrogen and oxygen atoms in total. The number of nitrogens with zero attached hydrogens (tertiary/aromatic N) is 4. The number of aromatic nitrogens is 1. The smallest absolute Gasteiger partial charge is 0.234 e. The summed E-state index contributed by atoms with van der Waals surface area (Å²) in [4.78, 5) is 20.8. The van der Waals surface area contributed by atoms with Gasteiger partial charge in [-0.25, -0.2) is 0 Å². The first-order valence-corrected chi connectivity index (χ1v) is 9.46. The standard InChI is InChI=1S/C18H30N6O2.HI/c1-13-16(14(2)26-22-13)6-7-20-18(19-3)24-10-8-23(9-11-24)12-17(25)21-15-4-5-15;/h15H,4-12H2,1-3H3,(H,19,20)(H,21,25);1H. The number of carbonyl (C=O) groups is 1. The average molecular weight is 490 g/mol. The van der Waals surface area contributed by atoms with Crippen molar-refractivity contribution in [3.63, 3.8) is 0 Å². The Morgan fingerprint density at radius 1 is 1.26 bits per heavy atom. The van der Waals surface area contributed by atoms with Gasteiger partial charge in [-0.15, -0.1) is 24.0 Å². The zero-order chi connectivity index (χ0) is 18.5. The Labute approximate surface area is 178 Å². The Morgan fingerprint density at radius 3 is 2.52 bits per heavy atom. The SMILES string of the molecule is CN=C(NCCc1c(C)noc1C)N1CCN(CC(=O)NC2CC2)CC1.I. The Balaban J connectivity index is 0.00000261. The third-order valence-electron chi connectivity index (χ3n) is 5.03. The van der Waals surface area contributed by atoms with Gasteiger partial charge in [0.2, 0.25) is 5.91 Å². The highest BCUT2D eigenvalue weighted by molar-refractivity contribution is 14.0. The minimum atomic E-state index is 0. The monoisotopic (exact) mass is 490 g/mol. The van der Waals surface area contributed by atoms with Crippen LogP contribution in [0.5, 0.6) is 0 Å². The molecule has 1 saturated heterocycles. The minimum Gasteiger partial charge on any atom is -0.361 e. The van der Waals surface area contributed by atoms with E-state index >= 15 is 0 Å². The maximum Gasteiger partial charge on any atom is 0.234 e. The van der Waals surface area contributed by atoms with Crippen LogP contribution in [0.3, 0.4) is 0 Å². The molecule has 9 heteroatoms. The molecule has 0 aromatic carbocycles. The summed E-state index contributed by atoms with van der Waals surface area (Å²) in [6, 6.07) is 0.435. The summed E-state index contributed by atoms with van der Waals surface area (Å²) in [6.07, 6.45) is 3.13. The third kappa shape index (κ3) is 6.34. The van der Waals surface area contributed by atoms with Crippen LogP contribution in [0.2, 0.25) is 0 Å². The van der Waals surface area contributed by atoms with Crippen molar-refractivity contribution < 1.29 is 9.32 Å². The highest BCUT2D eigenvalue weighted by Gasteiger charge is 2.25. The highest BCUT2D eigenvalue weighted by Crippen LogP contribution is 2.18. The molecule has 2 N–H and O–H groups in total. The van der Waals surface area contributed by atoms with Crippen molar-refractivity contribution in [1.29, 1.82) is 0 Å². The summed E-state index contributed by atoms with van der Waals surface area (Å²) in [5.74, 6) is 1.96. The fourth-order valence-corrected chi connectivity index (χ4v) is 3.31. The molecule has 152 valence electrons. The molecule has 0 bridgehead atoms. The van der Waals surface area contributed by atoms with Gasteiger partial charge in [0, 0.05) is 51.4 Å². The van der Waals surface area contributed by atoms with Gasteiger partial charge in [-0.1, -0.05) is 5.16 Å². The lowest BCUT2D eigenvalue weighted by atomic mass is 10.1. The first kappa shape index (κ1) is 21.9. The van der Waals surface area contributed by atoms with Crippen molar-refractivity contribution in [3.05, 3.63) is 17.0 Å². The molecule has 0 unspecified atom stereocenters. The van der Waals surface area contributed by atoms with E-state index < -0.39 is 0 Å². The van der Waals surface area contributed by atoms with Gasteiger partial charge in [0.15, 0.2) is 5.96 Å². The Morgan fingerprint density at radius 2 is 1.96 bits per heavy atom. The molecule has 0 radical (unpaired) electrons. The van der Waals surface area contributed by atoms with Gasteiger partial charge >= 0.3 is 0 Å². The Kier molecular flexibility index (Phi) is 8.33. The van der Waals surface area contributed by atoms with Gasteiger partial charge in [-0.2, -0.15) is 0 Å². The topological polar surface area (TPSA) is 86.0 Å². The first-order chi connectivity index (χ1) is 12.6. The molecule has 0 atom stereocenters. The summed E-state index contributed by atoms with van der Waals surface area (Å²) in [5.41, 5.74) is 2.12. The van der Waals surface area contributed by atoms with Gasteiger partial charge in [0.25, 0.3) is 0 Å². The third-order valence-corrected chi connectivity index (χ3v) is 5.03. The van der Waals surface area contributed by atoms with Gasteiger partial charge in [-0.3, -0.25) is 14.7 Å². The molecule has 27 heavy (non-hydrogen) atoms. The summed E-state index contributed by atoms with van der Waals surface area (Å²) < 4.78 is 5.21. The molecule has 2 fully saturated rings. The summed E-state index contributed by atoms with van der Waals surface area (Å²) in [5, 5.41) is 10.5. The number of rotatable bonds is 6. The van der Waals surface area contributed by atoms with E-state index in [4.69, 9.17) is 4.52 Å². The van der Waals surface area contributed by atoms with E-state index in [-0.39, 0.29) is 29.9 Å². The van der Waals surface area contributed by atoms with Crippen molar-refractivity contribution >= 4 is 35.8 Å². The summed E-state index contributed by atoms with van der Waals surface area (Å²) in [7, 11) is 1.81. The van der Waals surface area contributed by atoms with Crippen LogP contribution < -0.4 is 10.6 Å². The predicted molar refractivity (Wildman–Crippen MR) is 116 cm³/mol. The molecule has 1 aliphatic heterocycles. The van der Waals surface area contributed by atoms with Gasteiger partial charge in [0.05, 0.1) is 12.2 Å². The zero-order valence-electron chi connectivity index (χ0n) is 16.5. The van der Waals surface area contributed by atoms with Crippen LogP contribution in [-0.4, -0.2) is 79.2 Å². The fourth-order valence-electron chi connectivity index (χ4n) is 3.31. The molecule has 1 aliphatic carbocycles. The van der Waals surface area contributed by atoms with Crippen LogP contribution in [0.25, 0.3) is 0 Å². The fraction of sp³-hybridized carbons (Fsp3) is 0.722. The highest BCUT2D eigenvalue weighted by atomic mass is 127. The number of hydrogen-bond donors (Lipinski definition) is 2. The number of aliphatic imine (C=N–C) groups is 1. The van der Waals surface area contributed by atoms with Crippen LogP contribution >= 0.6 is 24.0 Å². The van der Waals surface area contributed by atoms with Crippen molar-refractivity contribution in [2.45, 2.75) is 39.2 Å². The lowest BCUT2D eigenvalue weighted by Crippen LogP contribution is -2.54. The van der Waals surface area contributed by atoms with Crippen molar-refractivity contribution in [3.8, 4) is 0 Å². The van der Waals surface area contributed by atoms with Crippen molar-refractivity contribution in [2.75, 3.05) is 46.3 Å².